The summed E-state index contributed by atoms with van der Waals surface area (Å²) in [6, 6.07) is 10.8. The quantitative estimate of drug-likeness (QED) is 0.470. The Hall–Kier alpha value is -3.06. The maximum Gasteiger partial charge on any atom is 0.304 e. The van der Waals surface area contributed by atoms with Crippen molar-refractivity contribution in [1.82, 2.24) is 14.2 Å². The molecule has 12 heteroatoms. The van der Waals surface area contributed by atoms with Crippen molar-refractivity contribution >= 4 is 48.6 Å². The molecule has 202 valence electrons. The van der Waals surface area contributed by atoms with Crippen LogP contribution in [0, 0.1) is 5.41 Å². The smallest absolute Gasteiger partial charge is 0.304 e. The van der Waals surface area contributed by atoms with Gasteiger partial charge in [-0.2, -0.15) is 4.31 Å². The molecule has 1 amide bonds. The third-order valence-electron chi connectivity index (χ3n) is 7.45. The lowest BCUT2D eigenvalue weighted by Crippen LogP contribution is -2.47. The van der Waals surface area contributed by atoms with E-state index in [1.807, 2.05) is 31.3 Å². The minimum Gasteiger partial charge on any atom is -0.495 e. The Balaban J connectivity index is 1.48. The van der Waals surface area contributed by atoms with Crippen LogP contribution in [-0.4, -0.2) is 87.0 Å². The number of anilines is 1. The Morgan fingerprint density at radius 3 is 2.34 bits per heavy atom. The second-order valence-corrected chi connectivity index (χ2v) is 12.9. The van der Waals surface area contributed by atoms with Crippen LogP contribution in [-0.2, 0) is 32.5 Å². The molecule has 0 atom stereocenters. The molecule has 0 radical (unpaired) electrons. The van der Waals surface area contributed by atoms with Crippen molar-refractivity contribution in [2.75, 3.05) is 52.3 Å². The summed E-state index contributed by atoms with van der Waals surface area (Å²) in [4.78, 5) is 33.8. The number of likely N-dealkylation sites (N-methyl/N-ethyl adjacent to an activating group) is 1. The molecule has 2 heterocycles. The molecule has 1 aliphatic heterocycles. The van der Waals surface area contributed by atoms with Crippen molar-refractivity contribution in [3.05, 3.63) is 47.5 Å². The van der Waals surface area contributed by atoms with E-state index in [4.69, 9.17) is 4.74 Å². The van der Waals surface area contributed by atoms with Crippen molar-refractivity contribution in [2.45, 2.75) is 24.2 Å². The van der Waals surface area contributed by atoms with E-state index in [9.17, 15) is 23.1 Å². The van der Waals surface area contributed by atoms with Crippen LogP contribution in [0.15, 0.2) is 41.3 Å². The summed E-state index contributed by atoms with van der Waals surface area (Å²) in [7, 11) is 1.16. The van der Waals surface area contributed by atoms with Gasteiger partial charge in [-0.15, -0.1) is 0 Å². The standard InChI is InChI=1S/C26H30N4O6S2/c1-28-8-10-30(11-9-28)38(34,35)22-12-19-21(13-20(22)36-3)37-25(27-19)29(2)24(33)26(16-23(31)32)14-17-6-4-5-7-18(17)15-26/h4-7,12-13H,8-11,14-16H2,1-3H3,(H,31,32). The van der Waals surface area contributed by atoms with E-state index in [0.29, 0.717) is 54.4 Å². The fraction of sp³-hybridized carbons (Fsp3) is 0.423. The van der Waals surface area contributed by atoms with Crippen LogP contribution in [0.3, 0.4) is 0 Å². The largest absolute Gasteiger partial charge is 0.495 e. The van der Waals surface area contributed by atoms with Gasteiger partial charge in [0.2, 0.25) is 15.9 Å². The molecule has 1 aromatic heterocycles. The number of rotatable bonds is 7. The van der Waals surface area contributed by atoms with Gasteiger partial charge in [0.1, 0.15) is 10.6 Å². The average Bonchev–Trinajstić information content (AvgIpc) is 3.48. The van der Waals surface area contributed by atoms with Gasteiger partial charge in [-0.05, 0) is 37.1 Å². The van der Waals surface area contributed by atoms with Crippen LogP contribution >= 0.6 is 11.3 Å². The van der Waals surface area contributed by atoms with Crippen LogP contribution in [0.1, 0.15) is 17.5 Å². The lowest BCUT2D eigenvalue weighted by molar-refractivity contribution is -0.144. The van der Waals surface area contributed by atoms with Crippen LogP contribution in [0.2, 0.25) is 0 Å². The molecule has 2 aromatic carbocycles. The van der Waals surface area contributed by atoms with E-state index < -0.39 is 21.4 Å². The number of amides is 1. The Bertz CT molecular complexity index is 1490. The van der Waals surface area contributed by atoms with Crippen molar-refractivity contribution < 1.29 is 27.9 Å². The van der Waals surface area contributed by atoms with E-state index in [1.165, 1.54) is 33.7 Å². The zero-order chi connectivity index (χ0) is 27.2. The van der Waals surface area contributed by atoms with Gasteiger partial charge in [-0.3, -0.25) is 14.5 Å². The number of piperazine rings is 1. The predicted octanol–water partition coefficient (Wildman–Crippen LogP) is 2.46. The van der Waals surface area contributed by atoms with Crippen molar-refractivity contribution in [1.29, 1.82) is 0 Å². The Kier molecular flexibility index (Phi) is 6.93. The topological polar surface area (TPSA) is 120 Å². The minimum atomic E-state index is -3.81. The summed E-state index contributed by atoms with van der Waals surface area (Å²) in [6.07, 6.45) is 0.381. The summed E-state index contributed by atoms with van der Waals surface area (Å²) in [5.74, 6) is -1.14. The molecule has 5 rings (SSSR count). The molecule has 10 nitrogen and oxygen atoms in total. The number of methoxy groups -OCH3 is 1. The number of aromatic nitrogens is 1. The zero-order valence-electron chi connectivity index (χ0n) is 21.5. The van der Waals surface area contributed by atoms with Crippen LogP contribution in [0.4, 0.5) is 5.13 Å². The zero-order valence-corrected chi connectivity index (χ0v) is 23.1. The monoisotopic (exact) mass is 558 g/mol. The molecule has 1 N–H and O–H groups in total. The second kappa shape index (κ2) is 9.92. The Morgan fingerprint density at radius 1 is 1.13 bits per heavy atom. The number of ether oxygens (including phenoxy) is 1. The highest BCUT2D eigenvalue weighted by molar-refractivity contribution is 7.89. The number of carbonyl (C=O) groups is 2. The van der Waals surface area contributed by atoms with Crippen LogP contribution < -0.4 is 9.64 Å². The van der Waals surface area contributed by atoms with Gasteiger partial charge in [-0.1, -0.05) is 35.6 Å². The molecule has 38 heavy (non-hydrogen) atoms. The number of fused-ring (bicyclic) bond motifs is 2. The molecule has 0 unspecified atom stereocenters. The number of hydrogen-bond acceptors (Lipinski definition) is 8. The fourth-order valence-corrected chi connectivity index (χ4v) is 7.89. The number of nitrogens with zero attached hydrogens (tertiary/aromatic N) is 4. The van der Waals surface area contributed by atoms with Gasteiger partial charge in [0.25, 0.3) is 0 Å². The second-order valence-electron chi connectivity index (χ2n) is 10.0. The highest BCUT2D eigenvalue weighted by Crippen LogP contribution is 2.43. The minimum absolute atomic E-state index is 0.0384. The Labute approximate surface area is 225 Å². The summed E-state index contributed by atoms with van der Waals surface area (Å²) < 4.78 is 34.5. The van der Waals surface area contributed by atoms with Gasteiger partial charge in [-0.25, -0.2) is 13.4 Å². The highest BCUT2D eigenvalue weighted by atomic mass is 32.2. The fourth-order valence-electron chi connectivity index (χ4n) is 5.37. The molecular weight excluding hydrogens is 528 g/mol. The van der Waals surface area contributed by atoms with Crippen molar-refractivity contribution in [3.8, 4) is 5.75 Å². The molecular formula is C26H30N4O6S2. The molecule has 0 bridgehead atoms. The molecule has 1 saturated heterocycles. The average molecular weight is 559 g/mol. The number of benzene rings is 2. The number of hydrogen-bond donors (Lipinski definition) is 1. The maximum absolute atomic E-state index is 13.8. The summed E-state index contributed by atoms with van der Waals surface area (Å²) in [5.41, 5.74) is 1.27. The number of aliphatic carboxylic acids is 1. The van der Waals surface area contributed by atoms with Crippen LogP contribution in [0.5, 0.6) is 5.75 Å². The van der Waals surface area contributed by atoms with Gasteiger partial charge in [0.15, 0.2) is 5.13 Å². The maximum atomic E-state index is 13.8. The molecule has 3 aromatic rings. The molecule has 1 aliphatic carbocycles. The van der Waals surface area contributed by atoms with Gasteiger partial charge in [0.05, 0.1) is 29.2 Å². The number of sulfonamides is 1. The SMILES string of the molecule is COc1cc2sc(N(C)C(=O)C3(CC(=O)O)Cc4ccccc4C3)nc2cc1S(=O)(=O)N1CCN(C)CC1. The van der Waals surface area contributed by atoms with Crippen molar-refractivity contribution in [2.24, 2.45) is 5.41 Å². The molecule has 1 fully saturated rings. The molecule has 2 aliphatic rings. The summed E-state index contributed by atoms with van der Waals surface area (Å²) in [6.45, 7) is 2.04. The first-order chi connectivity index (χ1) is 18.0. The third kappa shape index (κ3) is 4.66. The van der Waals surface area contributed by atoms with E-state index >= 15 is 0 Å². The lowest BCUT2D eigenvalue weighted by atomic mass is 9.80. The van der Waals surface area contributed by atoms with Gasteiger partial charge < -0.3 is 14.7 Å². The number of carboxylic acid groups (broad SMARTS) is 1. The lowest BCUT2D eigenvalue weighted by Gasteiger charge is -2.31. The van der Waals surface area contributed by atoms with E-state index in [2.05, 4.69) is 9.88 Å². The van der Waals surface area contributed by atoms with E-state index in [0.717, 1.165) is 11.1 Å². The number of carbonyl (C=O) groups excluding carboxylic acids is 1. The van der Waals surface area contributed by atoms with Crippen molar-refractivity contribution in [3.63, 3.8) is 0 Å². The predicted molar refractivity (Wildman–Crippen MR) is 144 cm³/mol. The van der Waals surface area contributed by atoms with Gasteiger partial charge >= 0.3 is 5.97 Å². The first-order valence-corrected chi connectivity index (χ1v) is 14.5. The van der Waals surface area contributed by atoms with E-state index in [1.54, 1.807) is 13.1 Å². The van der Waals surface area contributed by atoms with E-state index in [-0.39, 0.29) is 23.0 Å². The first-order valence-electron chi connectivity index (χ1n) is 12.3. The summed E-state index contributed by atoms with van der Waals surface area (Å²) in [5, 5.41) is 10.0. The first kappa shape index (κ1) is 26.5. The Morgan fingerprint density at radius 2 is 1.76 bits per heavy atom. The number of carboxylic acids is 1. The molecule has 0 saturated carbocycles. The highest BCUT2D eigenvalue weighted by Gasteiger charge is 2.47. The van der Waals surface area contributed by atoms with Crippen LogP contribution in [0.25, 0.3) is 10.2 Å². The third-order valence-corrected chi connectivity index (χ3v) is 10.5. The normalized spacial score (nSPS) is 17.9. The molecule has 0 spiro atoms. The number of thiazole rings is 1. The van der Waals surface area contributed by atoms with Gasteiger partial charge in [0, 0.05) is 39.3 Å². The summed E-state index contributed by atoms with van der Waals surface area (Å²) >= 11 is 1.23.